The molecule has 0 saturated carbocycles. The van der Waals surface area contributed by atoms with Gasteiger partial charge in [0.05, 0.1) is 19.1 Å². The number of carbonyl (C=O) groups excluding carboxylic acids is 1. The van der Waals surface area contributed by atoms with Gasteiger partial charge in [-0.3, -0.25) is 4.79 Å². The number of hydrogen-bond donors (Lipinski definition) is 1. The fourth-order valence-corrected chi connectivity index (χ4v) is 4.23. The number of carbonyl (C=O) groups is 1. The zero-order chi connectivity index (χ0) is 21.6. The second-order valence-electron chi connectivity index (χ2n) is 6.54. The molecule has 0 unspecified atom stereocenters. The van der Waals surface area contributed by atoms with Crippen LogP contribution in [0.3, 0.4) is 0 Å². The molecule has 2 aromatic carbocycles. The lowest BCUT2D eigenvalue weighted by atomic mass is 10.1. The Hall–Kier alpha value is -3.84. The average molecular weight is 432 g/mol. The molecule has 4 rings (SSSR count). The molecule has 31 heavy (non-hydrogen) atoms. The summed E-state index contributed by atoms with van der Waals surface area (Å²) < 4.78 is 12.7. The van der Waals surface area contributed by atoms with E-state index in [1.54, 1.807) is 25.3 Å². The highest BCUT2D eigenvalue weighted by Crippen LogP contribution is 2.33. The van der Waals surface area contributed by atoms with Crippen molar-refractivity contribution in [3.05, 3.63) is 96.2 Å². The smallest absolute Gasteiger partial charge is 0.292 e. The van der Waals surface area contributed by atoms with Gasteiger partial charge in [0.25, 0.3) is 5.91 Å². The van der Waals surface area contributed by atoms with Gasteiger partial charge in [-0.25, -0.2) is 4.99 Å². The van der Waals surface area contributed by atoms with Gasteiger partial charge < -0.3 is 19.0 Å². The molecule has 0 radical (unpaired) electrons. The number of nitrogens with zero attached hydrogens (tertiary/aromatic N) is 2. The number of benzene rings is 2. The summed E-state index contributed by atoms with van der Waals surface area (Å²) in [4.78, 5) is 18.3. The zero-order valence-corrected chi connectivity index (χ0v) is 17.8. The van der Waals surface area contributed by atoms with Gasteiger partial charge in [-0.15, -0.1) is 6.58 Å². The van der Waals surface area contributed by atoms with Gasteiger partial charge >= 0.3 is 0 Å². The lowest BCUT2D eigenvalue weighted by Crippen LogP contribution is -2.15. The number of ether oxygens (including phenoxy) is 1. The molecule has 1 N–H and O–H groups in total. The summed E-state index contributed by atoms with van der Waals surface area (Å²) in [5.41, 5.74) is 2.50. The number of amides is 1. The Morgan fingerprint density at radius 2 is 1.94 bits per heavy atom. The van der Waals surface area contributed by atoms with Crippen LogP contribution in [0.4, 0.5) is 10.7 Å². The highest BCUT2D eigenvalue weighted by Gasteiger charge is 2.19. The van der Waals surface area contributed by atoms with E-state index in [-0.39, 0.29) is 11.7 Å². The van der Waals surface area contributed by atoms with Crippen molar-refractivity contribution in [1.29, 1.82) is 0 Å². The molecular formula is C24H21N3O3S. The molecule has 156 valence electrons. The molecule has 1 amide bonds. The summed E-state index contributed by atoms with van der Waals surface area (Å²) in [5.74, 6) is 0.590. The monoisotopic (exact) mass is 431 g/mol. The Morgan fingerprint density at radius 1 is 1.16 bits per heavy atom. The molecule has 4 aromatic rings. The summed E-state index contributed by atoms with van der Waals surface area (Å²) >= 11 is 1.38. The van der Waals surface area contributed by atoms with Crippen molar-refractivity contribution in [2.24, 2.45) is 4.99 Å². The Kier molecular flexibility index (Phi) is 6.14. The largest absolute Gasteiger partial charge is 0.494 e. The number of para-hydroxylation sites is 2. The Bertz CT molecular complexity index is 1250. The van der Waals surface area contributed by atoms with Gasteiger partial charge in [0.15, 0.2) is 10.6 Å². The van der Waals surface area contributed by atoms with E-state index in [0.29, 0.717) is 27.8 Å². The SMILES string of the molecule is C=CCn1c(-c2ccccc2)c(NC(=O)c2ccco2)sc1=Nc1ccccc1OC. The molecule has 7 heteroatoms. The third-order valence-electron chi connectivity index (χ3n) is 4.54. The molecule has 0 aliphatic heterocycles. The molecule has 6 nitrogen and oxygen atoms in total. The summed E-state index contributed by atoms with van der Waals surface area (Å²) in [5, 5.41) is 3.65. The Balaban J connectivity index is 1.91. The van der Waals surface area contributed by atoms with E-state index in [0.717, 1.165) is 11.3 Å². The fourth-order valence-electron chi connectivity index (χ4n) is 3.16. The van der Waals surface area contributed by atoms with Crippen LogP contribution in [0, 0.1) is 0 Å². The summed E-state index contributed by atoms with van der Waals surface area (Å²) in [6.45, 7) is 4.42. The van der Waals surface area contributed by atoms with Crippen LogP contribution in [0.25, 0.3) is 11.3 Å². The number of nitrogens with one attached hydrogen (secondary N) is 1. The van der Waals surface area contributed by atoms with Gasteiger partial charge in [-0.2, -0.15) is 0 Å². The second kappa shape index (κ2) is 9.32. The number of methoxy groups -OCH3 is 1. The molecule has 2 heterocycles. The number of allylic oxidation sites excluding steroid dienone is 1. The number of rotatable bonds is 7. The van der Waals surface area contributed by atoms with Gasteiger partial charge in [0.2, 0.25) is 0 Å². The predicted octanol–water partition coefficient (Wildman–Crippen LogP) is 5.49. The third kappa shape index (κ3) is 4.36. The first-order valence-electron chi connectivity index (χ1n) is 9.64. The van der Waals surface area contributed by atoms with Crippen LogP contribution in [-0.4, -0.2) is 17.6 Å². The number of thiazole rings is 1. The van der Waals surface area contributed by atoms with Crippen LogP contribution in [-0.2, 0) is 6.54 Å². The normalized spacial score (nSPS) is 11.3. The van der Waals surface area contributed by atoms with Crippen molar-refractivity contribution in [1.82, 2.24) is 4.57 Å². The first-order chi connectivity index (χ1) is 15.2. The molecule has 0 fully saturated rings. The van der Waals surface area contributed by atoms with Gasteiger partial charge in [0.1, 0.15) is 16.4 Å². The first-order valence-corrected chi connectivity index (χ1v) is 10.5. The van der Waals surface area contributed by atoms with Crippen molar-refractivity contribution >= 4 is 27.9 Å². The van der Waals surface area contributed by atoms with E-state index >= 15 is 0 Å². The van der Waals surface area contributed by atoms with Gasteiger partial charge in [0, 0.05) is 12.1 Å². The first kappa shape index (κ1) is 20.4. The topological polar surface area (TPSA) is 68.8 Å². The van der Waals surface area contributed by atoms with Crippen LogP contribution >= 0.6 is 11.3 Å². The third-order valence-corrected chi connectivity index (χ3v) is 5.54. The maximum atomic E-state index is 12.7. The molecule has 0 saturated heterocycles. The highest BCUT2D eigenvalue weighted by molar-refractivity contribution is 7.14. The summed E-state index contributed by atoms with van der Waals surface area (Å²) in [7, 11) is 1.62. The minimum atomic E-state index is -0.321. The van der Waals surface area contributed by atoms with Crippen LogP contribution in [0.2, 0.25) is 0 Å². The minimum absolute atomic E-state index is 0.242. The van der Waals surface area contributed by atoms with E-state index < -0.39 is 0 Å². The standard InChI is InChI=1S/C24H21N3O3S/c1-3-15-27-21(17-10-5-4-6-11-17)23(26-22(28)20-14-9-16-30-20)31-24(27)25-18-12-7-8-13-19(18)29-2/h3-14,16H,1,15H2,2H3,(H,26,28). The Labute approximate surface area is 183 Å². The molecule has 0 spiro atoms. The van der Waals surface area contributed by atoms with Crippen LogP contribution < -0.4 is 14.9 Å². The maximum Gasteiger partial charge on any atom is 0.292 e. The van der Waals surface area contributed by atoms with E-state index in [2.05, 4.69) is 11.9 Å². The summed E-state index contributed by atoms with van der Waals surface area (Å²) in [6, 6.07) is 20.7. The fraction of sp³-hybridized carbons (Fsp3) is 0.0833. The summed E-state index contributed by atoms with van der Waals surface area (Å²) in [6.07, 6.45) is 3.28. The van der Waals surface area contributed by atoms with E-state index in [1.165, 1.54) is 17.6 Å². The predicted molar refractivity (Wildman–Crippen MR) is 123 cm³/mol. The molecule has 0 bridgehead atoms. The van der Waals surface area contributed by atoms with E-state index in [4.69, 9.17) is 14.1 Å². The zero-order valence-electron chi connectivity index (χ0n) is 16.9. The van der Waals surface area contributed by atoms with E-state index in [1.807, 2.05) is 59.2 Å². The van der Waals surface area contributed by atoms with Crippen molar-refractivity contribution in [3.63, 3.8) is 0 Å². The van der Waals surface area contributed by atoms with E-state index in [9.17, 15) is 4.79 Å². The van der Waals surface area contributed by atoms with Gasteiger partial charge in [-0.05, 0) is 24.3 Å². The van der Waals surface area contributed by atoms with Crippen molar-refractivity contribution < 1.29 is 13.9 Å². The van der Waals surface area contributed by atoms with Crippen LogP contribution in [0.15, 0.2) is 95.1 Å². The lowest BCUT2D eigenvalue weighted by Gasteiger charge is -2.10. The van der Waals surface area contributed by atoms with Crippen LogP contribution in [0.1, 0.15) is 10.6 Å². The lowest BCUT2D eigenvalue weighted by molar-refractivity contribution is 0.0997. The number of anilines is 1. The Morgan fingerprint density at radius 3 is 2.65 bits per heavy atom. The minimum Gasteiger partial charge on any atom is -0.494 e. The maximum absolute atomic E-state index is 12.7. The van der Waals surface area contributed by atoms with Crippen molar-refractivity contribution in [2.45, 2.75) is 6.54 Å². The van der Waals surface area contributed by atoms with Crippen molar-refractivity contribution in [3.8, 4) is 17.0 Å². The van der Waals surface area contributed by atoms with Gasteiger partial charge in [-0.1, -0.05) is 59.9 Å². The highest BCUT2D eigenvalue weighted by atomic mass is 32.1. The average Bonchev–Trinajstić information content (AvgIpc) is 3.44. The number of aromatic nitrogens is 1. The quantitative estimate of drug-likeness (QED) is 0.394. The molecule has 0 aliphatic carbocycles. The molecule has 0 atom stereocenters. The number of hydrogen-bond acceptors (Lipinski definition) is 5. The molecular weight excluding hydrogens is 410 g/mol. The molecule has 2 aromatic heterocycles. The van der Waals surface area contributed by atoms with Crippen LogP contribution in [0.5, 0.6) is 5.75 Å². The number of furan rings is 1. The molecule has 0 aliphatic rings. The van der Waals surface area contributed by atoms with Crippen molar-refractivity contribution in [2.75, 3.05) is 12.4 Å². The second-order valence-corrected chi connectivity index (χ2v) is 7.52.